The van der Waals surface area contributed by atoms with E-state index >= 15 is 0 Å². The number of aryl methyl sites for hydroxylation is 1. The lowest BCUT2D eigenvalue weighted by atomic mass is 10.0. The Balaban J connectivity index is 1.59. The van der Waals surface area contributed by atoms with E-state index < -0.39 is 0 Å². The monoisotopic (exact) mass is 277 g/mol. The van der Waals surface area contributed by atoms with E-state index in [1.165, 1.54) is 0 Å². The first-order valence-corrected chi connectivity index (χ1v) is 7.48. The molecule has 2 aliphatic rings. The molecule has 0 saturated carbocycles. The Hall–Kier alpha value is -1.33. The zero-order valence-electron chi connectivity index (χ0n) is 12.0. The molecule has 5 heteroatoms. The fourth-order valence-electron chi connectivity index (χ4n) is 3.24. The number of rotatable bonds is 2. The first kappa shape index (κ1) is 13.6. The van der Waals surface area contributed by atoms with Gasteiger partial charge >= 0.3 is 0 Å². The van der Waals surface area contributed by atoms with E-state index in [-0.39, 0.29) is 5.91 Å². The molecule has 1 aromatic heterocycles. The Morgan fingerprint density at radius 1 is 1.30 bits per heavy atom. The highest BCUT2D eigenvalue weighted by Crippen LogP contribution is 2.22. The summed E-state index contributed by atoms with van der Waals surface area (Å²) in [7, 11) is 0. The van der Waals surface area contributed by atoms with Crippen LogP contribution in [-0.4, -0.2) is 54.0 Å². The Morgan fingerprint density at radius 3 is 2.70 bits per heavy atom. The van der Waals surface area contributed by atoms with Gasteiger partial charge in [0.15, 0.2) is 5.76 Å². The fraction of sp³-hybridized carbons (Fsp3) is 0.667. The summed E-state index contributed by atoms with van der Waals surface area (Å²) in [4.78, 5) is 16.8. The molecule has 2 aliphatic heterocycles. The molecule has 3 heterocycles. The maximum absolute atomic E-state index is 12.4. The number of amides is 1. The highest BCUT2D eigenvalue weighted by molar-refractivity contribution is 5.93. The first-order chi connectivity index (χ1) is 9.65. The second-order valence-corrected chi connectivity index (χ2v) is 6.00. The zero-order valence-corrected chi connectivity index (χ0v) is 12.0. The van der Waals surface area contributed by atoms with Crippen molar-refractivity contribution in [2.45, 2.75) is 38.3 Å². The Morgan fingerprint density at radius 2 is 2.05 bits per heavy atom. The van der Waals surface area contributed by atoms with Crippen LogP contribution in [0.5, 0.6) is 0 Å². The van der Waals surface area contributed by atoms with Crippen LogP contribution in [0.15, 0.2) is 16.7 Å². The maximum atomic E-state index is 12.4. The third-order valence-electron chi connectivity index (χ3n) is 4.60. The van der Waals surface area contributed by atoms with Gasteiger partial charge in [0, 0.05) is 30.7 Å². The van der Waals surface area contributed by atoms with Crippen molar-refractivity contribution >= 4 is 5.91 Å². The minimum absolute atomic E-state index is 0.0312. The van der Waals surface area contributed by atoms with Gasteiger partial charge in [0.1, 0.15) is 0 Å². The van der Waals surface area contributed by atoms with Crippen LogP contribution in [0.25, 0.3) is 0 Å². The lowest BCUT2D eigenvalue weighted by molar-refractivity contribution is 0.0737. The number of piperidine rings is 1. The number of nitrogens with two attached hydrogens (primary N) is 1. The molecule has 2 saturated heterocycles. The second kappa shape index (κ2) is 5.58. The van der Waals surface area contributed by atoms with E-state index in [0.717, 1.165) is 51.0 Å². The topological polar surface area (TPSA) is 62.7 Å². The number of furan rings is 1. The molecule has 20 heavy (non-hydrogen) atoms. The summed E-state index contributed by atoms with van der Waals surface area (Å²) in [6.45, 7) is 5.68. The molecule has 3 rings (SSSR count). The largest absolute Gasteiger partial charge is 0.459 e. The number of hydrogen-bond acceptors (Lipinski definition) is 4. The van der Waals surface area contributed by atoms with Crippen molar-refractivity contribution in [3.05, 3.63) is 23.7 Å². The summed E-state index contributed by atoms with van der Waals surface area (Å²) in [5.74, 6) is 0.523. The second-order valence-electron chi connectivity index (χ2n) is 6.00. The minimum Gasteiger partial charge on any atom is -0.459 e. The van der Waals surface area contributed by atoms with Gasteiger partial charge in [-0.15, -0.1) is 0 Å². The molecule has 0 bridgehead atoms. The molecule has 1 aromatic rings. The summed E-state index contributed by atoms with van der Waals surface area (Å²) in [5.41, 5.74) is 6.87. The molecule has 5 nitrogen and oxygen atoms in total. The third kappa shape index (κ3) is 2.60. The van der Waals surface area contributed by atoms with E-state index in [1.54, 1.807) is 6.26 Å². The molecule has 1 unspecified atom stereocenters. The van der Waals surface area contributed by atoms with Gasteiger partial charge in [0.2, 0.25) is 0 Å². The van der Waals surface area contributed by atoms with Gasteiger partial charge in [0.25, 0.3) is 5.91 Å². The smallest absolute Gasteiger partial charge is 0.289 e. The van der Waals surface area contributed by atoms with Crippen molar-refractivity contribution in [2.75, 3.05) is 26.2 Å². The van der Waals surface area contributed by atoms with Gasteiger partial charge in [-0.1, -0.05) is 0 Å². The number of hydrogen-bond donors (Lipinski definition) is 1. The van der Waals surface area contributed by atoms with Crippen molar-refractivity contribution in [1.82, 2.24) is 9.80 Å². The van der Waals surface area contributed by atoms with Crippen LogP contribution in [0.4, 0.5) is 0 Å². The summed E-state index contributed by atoms with van der Waals surface area (Å²) < 4.78 is 5.31. The molecule has 0 aliphatic carbocycles. The van der Waals surface area contributed by atoms with Crippen molar-refractivity contribution in [2.24, 2.45) is 5.73 Å². The number of carbonyl (C=O) groups is 1. The molecule has 0 spiro atoms. The Kier molecular flexibility index (Phi) is 3.81. The van der Waals surface area contributed by atoms with Crippen LogP contribution in [0, 0.1) is 6.92 Å². The molecule has 2 fully saturated rings. The van der Waals surface area contributed by atoms with E-state index in [4.69, 9.17) is 10.2 Å². The normalized spacial score (nSPS) is 25.3. The third-order valence-corrected chi connectivity index (χ3v) is 4.60. The van der Waals surface area contributed by atoms with Crippen LogP contribution < -0.4 is 5.73 Å². The highest BCUT2D eigenvalue weighted by Gasteiger charge is 2.33. The predicted molar refractivity (Wildman–Crippen MR) is 76.5 cm³/mol. The van der Waals surface area contributed by atoms with E-state index in [9.17, 15) is 4.79 Å². The van der Waals surface area contributed by atoms with Crippen molar-refractivity contribution in [3.8, 4) is 0 Å². The van der Waals surface area contributed by atoms with Crippen LogP contribution in [0.2, 0.25) is 0 Å². The van der Waals surface area contributed by atoms with Crippen LogP contribution >= 0.6 is 0 Å². The van der Waals surface area contributed by atoms with Crippen LogP contribution in [0.3, 0.4) is 0 Å². The van der Waals surface area contributed by atoms with Crippen molar-refractivity contribution < 1.29 is 9.21 Å². The molecular formula is C15H23N3O2. The number of nitrogens with zero attached hydrogens (tertiary/aromatic N) is 2. The highest BCUT2D eigenvalue weighted by atomic mass is 16.3. The van der Waals surface area contributed by atoms with Gasteiger partial charge in [-0.05, 0) is 45.3 Å². The van der Waals surface area contributed by atoms with E-state index in [1.807, 2.05) is 17.9 Å². The van der Waals surface area contributed by atoms with Crippen LogP contribution in [-0.2, 0) is 0 Å². The Bertz CT molecular complexity index is 477. The van der Waals surface area contributed by atoms with Gasteiger partial charge in [-0.25, -0.2) is 0 Å². The van der Waals surface area contributed by atoms with E-state index in [0.29, 0.717) is 17.8 Å². The molecule has 110 valence electrons. The zero-order chi connectivity index (χ0) is 14.1. The lowest BCUT2D eigenvalue weighted by Crippen LogP contribution is -2.46. The van der Waals surface area contributed by atoms with Gasteiger partial charge in [-0.3, -0.25) is 9.69 Å². The van der Waals surface area contributed by atoms with Gasteiger partial charge in [0.05, 0.1) is 6.26 Å². The maximum Gasteiger partial charge on any atom is 0.289 e. The average molecular weight is 277 g/mol. The molecule has 1 amide bonds. The molecule has 0 radical (unpaired) electrons. The van der Waals surface area contributed by atoms with Crippen molar-refractivity contribution in [1.29, 1.82) is 0 Å². The number of carbonyl (C=O) groups excluding carboxylic acids is 1. The van der Waals surface area contributed by atoms with Gasteiger partial charge in [-0.2, -0.15) is 0 Å². The summed E-state index contributed by atoms with van der Waals surface area (Å²) in [6, 6.07) is 2.69. The van der Waals surface area contributed by atoms with Crippen LogP contribution in [0.1, 0.15) is 35.4 Å². The molecule has 2 N–H and O–H groups in total. The fourth-order valence-corrected chi connectivity index (χ4v) is 3.24. The summed E-state index contributed by atoms with van der Waals surface area (Å²) in [6.07, 6.45) is 4.78. The average Bonchev–Trinajstić information content (AvgIpc) is 3.08. The lowest BCUT2D eigenvalue weighted by Gasteiger charge is -2.34. The SMILES string of the molecule is Cc1ccoc1C(=O)N1CCC(N2CCC(N)CC2)C1. The van der Waals surface area contributed by atoms with Gasteiger partial charge < -0.3 is 15.1 Å². The minimum atomic E-state index is 0.0312. The Labute approximate surface area is 119 Å². The molecular weight excluding hydrogens is 254 g/mol. The van der Waals surface area contributed by atoms with E-state index in [2.05, 4.69) is 4.90 Å². The first-order valence-electron chi connectivity index (χ1n) is 7.48. The standard InChI is InChI=1S/C15H23N3O2/c1-11-5-9-20-14(11)15(19)18-8-4-13(10-18)17-6-2-12(16)3-7-17/h5,9,12-13H,2-4,6-8,10,16H2,1H3. The molecule has 0 aromatic carbocycles. The van der Waals surface area contributed by atoms with Crippen molar-refractivity contribution in [3.63, 3.8) is 0 Å². The quantitative estimate of drug-likeness (QED) is 0.883. The summed E-state index contributed by atoms with van der Waals surface area (Å²) in [5, 5.41) is 0. The molecule has 1 atom stereocenters. The number of likely N-dealkylation sites (tertiary alicyclic amines) is 2. The predicted octanol–water partition coefficient (Wildman–Crippen LogP) is 1.23. The summed E-state index contributed by atoms with van der Waals surface area (Å²) >= 11 is 0.